The number of nitrogens with zero attached hydrogens (tertiary/aromatic N) is 4. The molecule has 0 bridgehead atoms. The van der Waals surface area contributed by atoms with Gasteiger partial charge in [0.15, 0.2) is 0 Å². The minimum Gasteiger partial charge on any atom is -0.362 e. The van der Waals surface area contributed by atoms with Crippen LogP contribution in [-0.4, -0.2) is 65.8 Å². The van der Waals surface area contributed by atoms with E-state index in [1.54, 1.807) is 23.1 Å². The molecule has 0 unspecified atom stereocenters. The first kappa shape index (κ1) is 21.7. The number of anilines is 1. The largest absolute Gasteiger partial charge is 0.362 e. The van der Waals surface area contributed by atoms with E-state index >= 15 is 0 Å². The molecule has 0 aromatic heterocycles. The first-order valence-corrected chi connectivity index (χ1v) is 10.8. The van der Waals surface area contributed by atoms with Crippen LogP contribution in [0, 0.1) is 21.8 Å². The highest BCUT2D eigenvalue weighted by Crippen LogP contribution is 2.29. The molecular weight excluding hydrogens is 415 g/mol. The van der Waals surface area contributed by atoms with Crippen LogP contribution >= 0.6 is 0 Å². The number of piperidine rings is 1. The highest BCUT2D eigenvalue weighted by atomic mass is 19.1. The van der Waals surface area contributed by atoms with E-state index in [4.69, 9.17) is 0 Å². The number of nitro groups is 1. The van der Waals surface area contributed by atoms with Crippen LogP contribution < -0.4 is 4.90 Å². The number of rotatable bonds is 4. The maximum Gasteiger partial charge on any atom is 0.292 e. The fourth-order valence-corrected chi connectivity index (χ4v) is 4.42. The number of hydrogen-bond acceptors (Lipinski definition) is 5. The lowest BCUT2D eigenvalue weighted by Crippen LogP contribution is -2.52. The van der Waals surface area contributed by atoms with E-state index in [1.165, 1.54) is 30.3 Å². The molecule has 0 N–H and O–H groups in total. The van der Waals surface area contributed by atoms with E-state index < -0.39 is 0 Å². The lowest BCUT2D eigenvalue weighted by atomic mass is 9.94. The smallest absolute Gasteiger partial charge is 0.292 e. The SMILES string of the molecule is O=C(c1ccc(F)cc1)N1CCC(C(=O)N2CCN(c3ccccc3[N+](=O)[O-])CC2)CC1. The highest BCUT2D eigenvalue weighted by Gasteiger charge is 2.32. The molecule has 2 aromatic rings. The minimum atomic E-state index is -0.382. The monoisotopic (exact) mass is 440 g/mol. The molecule has 0 atom stereocenters. The summed E-state index contributed by atoms with van der Waals surface area (Å²) in [5.74, 6) is -0.576. The van der Waals surface area contributed by atoms with Crippen LogP contribution in [-0.2, 0) is 4.79 Å². The first-order chi connectivity index (χ1) is 15.4. The second kappa shape index (κ2) is 9.33. The van der Waals surface area contributed by atoms with Crippen molar-refractivity contribution >= 4 is 23.2 Å². The molecule has 32 heavy (non-hydrogen) atoms. The Hall–Kier alpha value is -3.49. The van der Waals surface area contributed by atoms with Crippen molar-refractivity contribution < 1.29 is 18.9 Å². The van der Waals surface area contributed by atoms with Crippen molar-refractivity contribution in [3.05, 3.63) is 70.0 Å². The molecule has 8 nitrogen and oxygen atoms in total. The number of para-hydroxylation sites is 2. The molecule has 2 amide bonds. The zero-order valence-corrected chi connectivity index (χ0v) is 17.7. The van der Waals surface area contributed by atoms with Gasteiger partial charge in [-0.3, -0.25) is 19.7 Å². The van der Waals surface area contributed by atoms with Gasteiger partial charge in [0.2, 0.25) is 5.91 Å². The van der Waals surface area contributed by atoms with Crippen LogP contribution in [0.4, 0.5) is 15.8 Å². The summed E-state index contributed by atoms with van der Waals surface area (Å²) >= 11 is 0. The molecule has 0 spiro atoms. The maximum atomic E-state index is 13.1. The number of carbonyl (C=O) groups excluding carboxylic acids is 2. The van der Waals surface area contributed by atoms with Crippen LogP contribution in [0.5, 0.6) is 0 Å². The summed E-state index contributed by atoms with van der Waals surface area (Å²) in [6, 6.07) is 12.2. The molecule has 2 fully saturated rings. The second-order valence-electron chi connectivity index (χ2n) is 8.13. The number of piperazine rings is 1. The van der Waals surface area contributed by atoms with Gasteiger partial charge >= 0.3 is 0 Å². The molecule has 4 rings (SSSR count). The van der Waals surface area contributed by atoms with E-state index in [0.29, 0.717) is 63.4 Å². The van der Waals surface area contributed by atoms with Gasteiger partial charge in [-0.15, -0.1) is 0 Å². The molecule has 2 aliphatic heterocycles. The summed E-state index contributed by atoms with van der Waals surface area (Å²) in [6.45, 7) is 3.09. The second-order valence-corrected chi connectivity index (χ2v) is 8.13. The predicted octanol–water partition coefficient (Wildman–Crippen LogP) is 2.93. The Morgan fingerprint density at radius 2 is 1.50 bits per heavy atom. The first-order valence-electron chi connectivity index (χ1n) is 10.8. The van der Waals surface area contributed by atoms with Crippen molar-refractivity contribution in [2.75, 3.05) is 44.2 Å². The van der Waals surface area contributed by atoms with Crippen LogP contribution in [0.15, 0.2) is 48.5 Å². The number of halogens is 1. The maximum absolute atomic E-state index is 13.1. The Morgan fingerprint density at radius 1 is 0.875 bits per heavy atom. The van der Waals surface area contributed by atoms with Gasteiger partial charge in [0.1, 0.15) is 11.5 Å². The fourth-order valence-electron chi connectivity index (χ4n) is 4.42. The van der Waals surface area contributed by atoms with Gasteiger partial charge in [0.25, 0.3) is 11.6 Å². The summed E-state index contributed by atoms with van der Waals surface area (Å²) in [5, 5.41) is 11.3. The fraction of sp³-hybridized carbons (Fsp3) is 0.391. The van der Waals surface area contributed by atoms with Gasteiger partial charge in [-0.05, 0) is 43.2 Å². The number of hydrogen-bond donors (Lipinski definition) is 0. The number of amides is 2. The van der Waals surface area contributed by atoms with E-state index in [0.717, 1.165) is 0 Å². The molecular formula is C23H25FN4O4. The Morgan fingerprint density at radius 3 is 2.12 bits per heavy atom. The van der Waals surface area contributed by atoms with Crippen molar-refractivity contribution in [2.24, 2.45) is 5.92 Å². The molecule has 2 aromatic carbocycles. The summed E-state index contributed by atoms with van der Waals surface area (Å²) < 4.78 is 13.1. The number of likely N-dealkylation sites (tertiary alicyclic amines) is 1. The van der Waals surface area contributed by atoms with Gasteiger partial charge in [-0.1, -0.05) is 12.1 Å². The normalized spacial score (nSPS) is 17.3. The van der Waals surface area contributed by atoms with E-state index in [-0.39, 0.29) is 34.2 Å². The third kappa shape index (κ3) is 4.56. The van der Waals surface area contributed by atoms with Gasteiger partial charge in [-0.2, -0.15) is 0 Å². The van der Waals surface area contributed by atoms with E-state index in [2.05, 4.69) is 0 Å². The van der Waals surface area contributed by atoms with Crippen LogP contribution in [0.1, 0.15) is 23.2 Å². The van der Waals surface area contributed by atoms with Crippen molar-refractivity contribution in [1.82, 2.24) is 9.80 Å². The highest BCUT2D eigenvalue weighted by molar-refractivity contribution is 5.94. The molecule has 2 heterocycles. The molecule has 0 saturated carbocycles. The van der Waals surface area contributed by atoms with E-state index in [1.807, 2.05) is 9.80 Å². The van der Waals surface area contributed by atoms with Crippen molar-refractivity contribution in [3.63, 3.8) is 0 Å². The summed E-state index contributed by atoms with van der Waals surface area (Å²) in [4.78, 5) is 42.0. The zero-order chi connectivity index (χ0) is 22.7. The summed E-state index contributed by atoms with van der Waals surface area (Å²) in [6.07, 6.45) is 1.19. The summed E-state index contributed by atoms with van der Waals surface area (Å²) in [5.41, 5.74) is 1.10. The Bertz CT molecular complexity index is 997. The Balaban J connectivity index is 1.30. The van der Waals surface area contributed by atoms with Crippen LogP contribution in [0.2, 0.25) is 0 Å². The molecule has 9 heteroatoms. The minimum absolute atomic E-state index is 0.0745. The van der Waals surface area contributed by atoms with E-state index in [9.17, 15) is 24.1 Å². The molecule has 2 aliphatic rings. The third-order valence-corrected chi connectivity index (χ3v) is 6.23. The average Bonchev–Trinajstić information content (AvgIpc) is 2.84. The predicted molar refractivity (Wildman–Crippen MR) is 117 cm³/mol. The quantitative estimate of drug-likeness (QED) is 0.539. The lowest BCUT2D eigenvalue weighted by molar-refractivity contribution is -0.384. The van der Waals surface area contributed by atoms with Gasteiger partial charge in [0, 0.05) is 56.8 Å². The average molecular weight is 440 g/mol. The standard InChI is InChI=1S/C23H25FN4O4/c24-19-7-5-17(6-8-19)22(29)26-11-9-18(10-12-26)23(30)27-15-13-25(14-16-27)20-3-1-2-4-21(20)28(31)32/h1-8,18H,9-16H2. The zero-order valence-electron chi connectivity index (χ0n) is 17.7. The molecule has 0 aliphatic carbocycles. The Labute approximate surface area is 185 Å². The van der Waals surface area contributed by atoms with Crippen LogP contribution in [0.3, 0.4) is 0 Å². The third-order valence-electron chi connectivity index (χ3n) is 6.23. The van der Waals surface area contributed by atoms with Gasteiger partial charge < -0.3 is 14.7 Å². The number of nitro benzene ring substituents is 1. The molecule has 2 saturated heterocycles. The topological polar surface area (TPSA) is 87.0 Å². The van der Waals surface area contributed by atoms with Crippen LogP contribution in [0.25, 0.3) is 0 Å². The van der Waals surface area contributed by atoms with Gasteiger partial charge in [-0.25, -0.2) is 4.39 Å². The van der Waals surface area contributed by atoms with Crippen molar-refractivity contribution in [1.29, 1.82) is 0 Å². The Kier molecular flexibility index (Phi) is 6.34. The number of benzene rings is 2. The lowest BCUT2D eigenvalue weighted by Gasteiger charge is -2.39. The molecule has 168 valence electrons. The number of carbonyl (C=O) groups is 2. The molecule has 0 radical (unpaired) electrons. The summed E-state index contributed by atoms with van der Waals surface area (Å²) in [7, 11) is 0. The van der Waals surface area contributed by atoms with Crippen molar-refractivity contribution in [3.8, 4) is 0 Å². The van der Waals surface area contributed by atoms with Crippen molar-refractivity contribution in [2.45, 2.75) is 12.8 Å². The van der Waals surface area contributed by atoms with Gasteiger partial charge in [0.05, 0.1) is 4.92 Å².